The van der Waals surface area contributed by atoms with Crippen molar-refractivity contribution < 1.29 is 4.79 Å². The number of likely N-dealkylation sites (N-methyl/N-ethyl adjacent to an activating group) is 1. The van der Waals surface area contributed by atoms with Crippen molar-refractivity contribution in [3.05, 3.63) is 21.9 Å². The quantitative estimate of drug-likeness (QED) is 0.904. The highest BCUT2D eigenvalue weighted by atomic mass is 32.1. The van der Waals surface area contributed by atoms with Crippen LogP contribution >= 0.6 is 11.3 Å². The van der Waals surface area contributed by atoms with Gasteiger partial charge in [-0.2, -0.15) is 0 Å². The van der Waals surface area contributed by atoms with Crippen molar-refractivity contribution in [1.29, 1.82) is 0 Å². The molecule has 1 aliphatic rings. The van der Waals surface area contributed by atoms with Gasteiger partial charge in [0.05, 0.1) is 12.6 Å². The second kappa shape index (κ2) is 6.70. The van der Waals surface area contributed by atoms with Crippen molar-refractivity contribution in [2.45, 2.75) is 38.8 Å². The van der Waals surface area contributed by atoms with Gasteiger partial charge in [0.1, 0.15) is 0 Å². The Morgan fingerprint density at radius 3 is 2.65 bits per heavy atom. The Morgan fingerprint density at radius 2 is 2.15 bits per heavy atom. The number of nitrogens with zero attached hydrogens (tertiary/aromatic N) is 2. The van der Waals surface area contributed by atoms with E-state index in [9.17, 15) is 4.79 Å². The third-order valence-corrected chi connectivity index (χ3v) is 5.08. The van der Waals surface area contributed by atoms with Crippen LogP contribution < -0.4 is 5.73 Å². The number of amides is 1. The highest BCUT2D eigenvalue weighted by molar-refractivity contribution is 7.10. The second-order valence-electron chi connectivity index (χ2n) is 5.77. The van der Waals surface area contributed by atoms with Crippen LogP contribution in [0.4, 0.5) is 0 Å². The van der Waals surface area contributed by atoms with Gasteiger partial charge in [0.2, 0.25) is 5.91 Å². The summed E-state index contributed by atoms with van der Waals surface area (Å²) in [5, 5.41) is 2.09. The van der Waals surface area contributed by atoms with Crippen LogP contribution in [0.3, 0.4) is 0 Å². The Morgan fingerprint density at radius 1 is 1.50 bits per heavy atom. The van der Waals surface area contributed by atoms with Crippen molar-refractivity contribution >= 4 is 17.2 Å². The monoisotopic (exact) mass is 295 g/mol. The number of thiophene rings is 1. The van der Waals surface area contributed by atoms with Crippen LogP contribution in [0.15, 0.2) is 11.4 Å². The number of rotatable bonds is 5. The van der Waals surface area contributed by atoms with Crippen molar-refractivity contribution in [2.75, 3.05) is 26.7 Å². The summed E-state index contributed by atoms with van der Waals surface area (Å²) in [6.07, 6.45) is 2.27. The highest BCUT2D eigenvalue weighted by Crippen LogP contribution is 2.30. The van der Waals surface area contributed by atoms with E-state index in [-0.39, 0.29) is 18.0 Å². The van der Waals surface area contributed by atoms with E-state index in [1.165, 1.54) is 10.4 Å². The molecular weight excluding hydrogens is 270 g/mol. The zero-order chi connectivity index (χ0) is 14.7. The number of carbonyl (C=O) groups excluding carboxylic acids is 1. The first-order valence-electron chi connectivity index (χ1n) is 7.28. The van der Waals surface area contributed by atoms with E-state index in [2.05, 4.69) is 23.3 Å². The lowest BCUT2D eigenvalue weighted by molar-refractivity contribution is -0.131. The molecule has 1 aromatic heterocycles. The molecule has 1 fully saturated rings. The molecule has 1 aromatic rings. The summed E-state index contributed by atoms with van der Waals surface area (Å²) >= 11 is 1.73. The number of likely N-dealkylation sites (tertiary alicyclic amines) is 1. The number of hydrogen-bond donors (Lipinski definition) is 1. The third kappa shape index (κ3) is 3.40. The minimum Gasteiger partial charge on any atom is -0.342 e. The predicted molar refractivity (Wildman–Crippen MR) is 83.9 cm³/mol. The van der Waals surface area contributed by atoms with Crippen molar-refractivity contribution in [2.24, 2.45) is 5.73 Å². The Balaban J connectivity index is 2.06. The van der Waals surface area contributed by atoms with Crippen LogP contribution in [-0.2, 0) is 4.79 Å². The van der Waals surface area contributed by atoms with Crippen LogP contribution in [0.5, 0.6) is 0 Å². The lowest BCUT2D eigenvalue weighted by atomic mass is 10.0. The molecule has 0 saturated carbocycles. The average molecular weight is 295 g/mol. The van der Waals surface area contributed by atoms with Crippen LogP contribution in [0.25, 0.3) is 0 Å². The zero-order valence-electron chi connectivity index (χ0n) is 12.6. The molecule has 0 aliphatic carbocycles. The SMILES string of the molecule is Cc1ccsc1C(C(C)N)N(C)CC(=O)N1CCCC1. The molecule has 112 valence electrons. The zero-order valence-corrected chi connectivity index (χ0v) is 13.4. The summed E-state index contributed by atoms with van der Waals surface area (Å²) in [7, 11) is 2.00. The van der Waals surface area contributed by atoms with E-state index in [4.69, 9.17) is 5.73 Å². The Bertz CT molecular complexity index is 452. The van der Waals surface area contributed by atoms with Gasteiger partial charge in [-0.15, -0.1) is 11.3 Å². The molecule has 5 heteroatoms. The Labute approximate surface area is 125 Å². The summed E-state index contributed by atoms with van der Waals surface area (Å²) in [5.74, 6) is 0.227. The Hall–Kier alpha value is -0.910. The number of aryl methyl sites for hydroxylation is 1. The molecule has 1 aliphatic heterocycles. The van der Waals surface area contributed by atoms with Gasteiger partial charge in [0.25, 0.3) is 0 Å². The average Bonchev–Trinajstić information content (AvgIpc) is 3.01. The van der Waals surface area contributed by atoms with Crippen LogP contribution in [0.1, 0.15) is 36.2 Å². The molecule has 0 aromatic carbocycles. The van der Waals surface area contributed by atoms with E-state index >= 15 is 0 Å². The summed E-state index contributed by atoms with van der Waals surface area (Å²) in [6.45, 7) is 6.39. The van der Waals surface area contributed by atoms with Gasteiger partial charge in [-0.1, -0.05) is 0 Å². The number of hydrogen-bond acceptors (Lipinski definition) is 4. The molecule has 1 amide bonds. The smallest absolute Gasteiger partial charge is 0.236 e. The lowest BCUT2D eigenvalue weighted by Crippen LogP contribution is -2.43. The highest BCUT2D eigenvalue weighted by Gasteiger charge is 2.27. The van der Waals surface area contributed by atoms with Crippen LogP contribution in [0.2, 0.25) is 0 Å². The van der Waals surface area contributed by atoms with E-state index < -0.39 is 0 Å². The fraction of sp³-hybridized carbons (Fsp3) is 0.667. The molecule has 0 bridgehead atoms. The van der Waals surface area contributed by atoms with Gasteiger partial charge >= 0.3 is 0 Å². The first kappa shape index (κ1) is 15.5. The first-order valence-corrected chi connectivity index (χ1v) is 8.16. The fourth-order valence-corrected chi connectivity index (χ4v) is 4.11. The van der Waals surface area contributed by atoms with E-state index in [0.717, 1.165) is 25.9 Å². The van der Waals surface area contributed by atoms with Gasteiger partial charge < -0.3 is 10.6 Å². The van der Waals surface area contributed by atoms with E-state index in [0.29, 0.717) is 6.54 Å². The molecule has 2 rings (SSSR count). The summed E-state index contributed by atoms with van der Waals surface area (Å²) in [5.41, 5.74) is 7.43. The minimum absolute atomic E-state index is 0.00345. The maximum Gasteiger partial charge on any atom is 0.236 e. The van der Waals surface area contributed by atoms with E-state index in [1.807, 2.05) is 18.9 Å². The first-order chi connectivity index (χ1) is 9.50. The molecule has 0 spiro atoms. The number of nitrogens with two attached hydrogens (primary N) is 1. The molecule has 2 unspecified atom stereocenters. The van der Waals surface area contributed by atoms with Gasteiger partial charge in [-0.25, -0.2) is 0 Å². The molecule has 4 nitrogen and oxygen atoms in total. The standard InChI is InChI=1S/C15H25N3OS/c1-11-6-9-20-15(11)14(12(2)16)17(3)10-13(19)18-7-4-5-8-18/h6,9,12,14H,4-5,7-8,10,16H2,1-3H3. The van der Waals surface area contributed by atoms with Gasteiger partial charge in [-0.05, 0) is 50.7 Å². The summed E-state index contributed by atoms with van der Waals surface area (Å²) in [4.78, 5) is 17.6. The molecule has 2 atom stereocenters. The molecule has 2 N–H and O–H groups in total. The normalized spacial score (nSPS) is 18.6. The van der Waals surface area contributed by atoms with Gasteiger partial charge in [-0.3, -0.25) is 9.69 Å². The van der Waals surface area contributed by atoms with Crippen LogP contribution in [-0.4, -0.2) is 48.4 Å². The topological polar surface area (TPSA) is 49.6 Å². The maximum absolute atomic E-state index is 12.3. The predicted octanol–water partition coefficient (Wildman–Crippen LogP) is 2.00. The largest absolute Gasteiger partial charge is 0.342 e. The molecule has 0 radical (unpaired) electrons. The van der Waals surface area contributed by atoms with Gasteiger partial charge in [0, 0.05) is 24.0 Å². The maximum atomic E-state index is 12.3. The summed E-state index contributed by atoms with van der Waals surface area (Å²) in [6, 6.07) is 2.23. The third-order valence-electron chi connectivity index (χ3n) is 3.99. The molecule has 1 saturated heterocycles. The van der Waals surface area contributed by atoms with Crippen molar-refractivity contribution in [3.8, 4) is 0 Å². The second-order valence-corrected chi connectivity index (χ2v) is 6.72. The molecule has 20 heavy (non-hydrogen) atoms. The molecule has 2 heterocycles. The lowest BCUT2D eigenvalue weighted by Gasteiger charge is -2.31. The van der Waals surface area contributed by atoms with Crippen molar-refractivity contribution in [1.82, 2.24) is 9.80 Å². The van der Waals surface area contributed by atoms with Crippen LogP contribution in [0, 0.1) is 6.92 Å². The van der Waals surface area contributed by atoms with Crippen molar-refractivity contribution in [3.63, 3.8) is 0 Å². The van der Waals surface area contributed by atoms with E-state index in [1.54, 1.807) is 11.3 Å². The summed E-state index contributed by atoms with van der Waals surface area (Å²) < 4.78 is 0. The minimum atomic E-state index is 0.00345. The molecular formula is C15H25N3OS. The number of carbonyl (C=O) groups is 1. The van der Waals surface area contributed by atoms with Gasteiger partial charge in [0.15, 0.2) is 0 Å². The fourth-order valence-electron chi connectivity index (χ4n) is 2.91. The Kier molecular flexibility index (Phi) is 5.18.